The maximum Gasteiger partial charge on any atom is 0.273 e. The van der Waals surface area contributed by atoms with Crippen LogP contribution < -0.4 is 10.0 Å². The van der Waals surface area contributed by atoms with Gasteiger partial charge in [0.1, 0.15) is 0 Å². The molecule has 144 valence electrons. The van der Waals surface area contributed by atoms with Crippen LogP contribution in [0.1, 0.15) is 25.8 Å². The fraction of sp³-hybridized carbons (Fsp3) is 0.278. The van der Waals surface area contributed by atoms with Gasteiger partial charge in [0.25, 0.3) is 15.7 Å². The van der Waals surface area contributed by atoms with Gasteiger partial charge in [0.2, 0.25) is 5.91 Å². The number of sulfonamides is 1. The molecule has 0 bridgehead atoms. The second-order valence-electron chi connectivity index (χ2n) is 6.53. The van der Waals surface area contributed by atoms with E-state index in [1.807, 2.05) is 13.8 Å². The van der Waals surface area contributed by atoms with Crippen molar-refractivity contribution >= 4 is 33.0 Å². The second kappa shape index (κ2) is 8.17. The van der Waals surface area contributed by atoms with Crippen LogP contribution in [0.15, 0.2) is 47.4 Å². The fourth-order valence-corrected chi connectivity index (χ4v) is 3.45. The van der Waals surface area contributed by atoms with Crippen molar-refractivity contribution in [2.24, 2.45) is 5.92 Å². The minimum atomic E-state index is -3.98. The van der Waals surface area contributed by atoms with E-state index in [2.05, 4.69) is 10.0 Å². The number of amides is 1. The summed E-state index contributed by atoms with van der Waals surface area (Å²) < 4.78 is 27.3. The van der Waals surface area contributed by atoms with E-state index in [9.17, 15) is 23.3 Å². The summed E-state index contributed by atoms with van der Waals surface area (Å²) in [5, 5.41) is 13.7. The van der Waals surface area contributed by atoms with Crippen molar-refractivity contribution in [3.05, 3.63) is 58.1 Å². The molecule has 2 N–H and O–H groups in total. The molecule has 0 radical (unpaired) electrons. The summed E-state index contributed by atoms with van der Waals surface area (Å²) in [4.78, 5) is 21.9. The molecule has 0 unspecified atom stereocenters. The minimum Gasteiger partial charge on any atom is -0.326 e. The number of anilines is 2. The van der Waals surface area contributed by atoms with Gasteiger partial charge in [-0.3, -0.25) is 19.6 Å². The Balaban J connectivity index is 2.15. The number of rotatable bonds is 7. The molecule has 0 saturated carbocycles. The van der Waals surface area contributed by atoms with Crippen molar-refractivity contribution in [3.63, 3.8) is 0 Å². The Labute approximate surface area is 157 Å². The molecular weight excluding hydrogens is 370 g/mol. The Morgan fingerprint density at radius 1 is 1.11 bits per heavy atom. The van der Waals surface area contributed by atoms with Crippen LogP contribution in [0.3, 0.4) is 0 Å². The molecule has 0 spiro atoms. The SMILES string of the molecule is Cc1ccc(S(=O)(=O)Nc2ccc(NC(=O)CC(C)C)cc2)cc1[N+](=O)[O-]. The molecule has 8 nitrogen and oxygen atoms in total. The first-order valence-corrected chi connectivity index (χ1v) is 9.74. The number of nitrogens with one attached hydrogen (secondary N) is 2. The van der Waals surface area contributed by atoms with E-state index in [-0.39, 0.29) is 28.1 Å². The largest absolute Gasteiger partial charge is 0.326 e. The average Bonchev–Trinajstić information content (AvgIpc) is 2.55. The smallest absolute Gasteiger partial charge is 0.273 e. The molecule has 9 heteroatoms. The number of benzene rings is 2. The average molecular weight is 391 g/mol. The van der Waals surface area contributed by atoms with E-state index in [1.165, 1.54) is 31.2 Å². The first-order chi connectivity index (χ1) is 12.6. The lowest BCUT2D eigenvalue weighted by molar-refractivity contribution is -0.385. The van der Waals surface area contributed by atoms with E-state index < -0.39 is 14.9 Å². The highest BCUT2D eigenvalue weighted by atomic mass is 32.2. The Kier molecular flexibility index (Phi) is 6.17. The number of aryl methyl sites for hydroxylation is 1. The van der Waals surface area contributed by atoms with Crippen molar-refractivity contribution < 1.29 is 18.1 Å². The zero-order valence-electron chi connectivity index (χ0n) is 15.2. The monoisotopic (exact) mass is 391 g/mol. The Morgan fingerprint density at radius 3 is 2.26 bits per heavy atom. The summed E-state index contributed by atoms with van der Waals surface area (Å²) in [6, 6.07) is 9.89. The molecule has 1 amide bonds. The fourth-order valence-electron chi connectivity index (χ4n) is 2.37. The van der Waals surface area contributed by atoms with Gasteiger partial charge in [0, 0.05) is 29.4 Å². The molecule has 0 saturated heterocycles. The van der Waals surface area contributed by atoms with E-state index in [4.69, 9.17) is 0 Å². The molecule has 2 aromatic rings. The zero-order chi connectivity index (χ0) is 20.2. The van der Waals surface area contributed by atoms with E-state index >= 15 is 0 Å². The highest BCUT2D eigenvalue weighted by Gasteiger charge is 2.20. The van der Waals surface area contributed by atoms with Crippen LogP contribution in [0, 0.1) is 23.0 Å². The molecule has 0 aromatic heterocycles. The lowest BCUT2D eigenvalue weighted by Gasteiger charge is -2.10. The van der Waals surface area contributed by atoms with Gasteiger partial charge in [0.05, 0.1) is 9.82 Å². The predicted molar refractivity (Wildman–Crippen MR) is 103 cm³/mol. The van der Waals surface area contributed by atoms with Gasteiger partial charge in [-0.1, -0.05) is 19.9 Å². The number of nitro benzene ring substituents is 1. The molecule has 0 aliphatic heterocycles. The minimum absolute atomic E-state index is 0.120. The highest BCUT2D eigenvalue weighted by molar-refractivity contribution is 7.92. The van der Waals surface area contributed by atoms with Crippen molar-refractivity contribution in [3.8, 4) is 0 Å². The summed E-state index contributed by atoms with van der Waals surface area (Å²) in [7, 11) is -3.98. The second-order valence-corrected chi connectivity index (χ2v) is 8.22. The quantitative estimate of drug-likeness (QED) is 0.551. The summed E-state index contributed by atoms with van der Waals surface area (Å²) in [5.74, 6) is 0.111. The molecule has 0 heterocycles. The van der Waals surface area contributed by atoms with Crippen LogP contribution in [-0.4, -0.2) is 19.2 Å². The maximum absolute atomic E-state index is 12.5. The van der Waals surface area contributed by atoms with Crippen molar-refractivity contribution in [1.82, 2.24) is 0 Å². The van der Waals surface area contributed by atoms with Gasteiger partial charge >= 0.3 is 0 Å². The molecule has 2 rings (SSSR count). The zero-order valence-corrected chi connectivity index (χ0v) is 16.0. The lowest BCUT2D eigenvalue weighted by atomic mass is 10.1. The topological polar surface area (TPSA) is 118 Å². The van der Waals surface area contributed by atoms with E-state index in [1.54, 1.807) is 12.1 Å². The van der Waals surface area contributed by atoms with Crippen molar-refractivity contribution in [2.45, 2.75) is 32.1 Å². The van der Waals surface area contributed by atoms with Crippen LogP contribution in [-0.2, 0) is 14.8 Å². The summed E-state index contributed by atoms with van der Waals surface area (Å²) in [6.45, 7) is 5.41. The van der Waals surface area contributed by atoms with E-state index in [0.29, 0.717) is 17.7 Å². The Morgan fingerprint density at radius 2 is 1.70 bits per heavy atom. The van der Waals surface area contributed by atoms with Crippen molar-refractivity contribution in [2.75, 3.05) is 10.0 Å². The third kappa shape index (κ3) is 5.52. The number of nitrogens with zero attached hydrogens (tertiary/aromatic N) is 1. The van der Waals surface area contributed by atoms with Gasteiger partial charge in [-0.25, -0.2) is 8.42 Å². The van der Waals surface area contributed by atoms with Crippen LogP contribution in [0.5, 0.6) is 0 Å². The Hall–Kier alpha value is -2.94. The number of nitro groups is 1. The van der Waals surface area contributed by atoms with Gasteiger partial charge in [0.15, 0.2) is 0 Å². The summed E-state index contributed by atoms with van der Waals surface area (Å²) in [6.07, 6.45) is 0.389. The first-order valence-electron chi connectivity index (χ1n) is 8.26. The highest BCUT2D eigenvalue weighted by Crippen LogP contribution is 2.24. The predicted octanol–water partition coefficient (Wildman–Crippen LogP) is 3.69. The molecule has 27 heavy (non-hydrogen) atoms. The standard InChI is InChI=1S/C18H21N3O5S/c1-12(2)10-18(22)19-14-5-7-15(8-6-14)20-27(25,26)16-9-4-13(3)17(11-16)21(23)24/h4-9,11-12,20H,10H2,1-3H3,(H,19,22). The molecular formula is C18H21N3O5S. The summed E-state index contributed by atoms with van der Waals surface area (Å²) >= 11 is 0. The van der Waals surface area contributed by atoms with Gasteiger partial charge < -0.3 is 5.32 Å². The van der Waals surface area contributed by atoms with Crippen LogP contribution in [0.25, 0.3) is 0 Å². The van der Waals surface area contributed by atoms with Crippen LogP contribution in [0.4, 0.5) is 17.1 Å². The molecule has 0 aliphatic carbocycles. The number of hydrogen-bond acceptors (Lipinski definition) is 5. The van der Waals surface area contributed by atoms with Gasteiger partial charge in [-0.15, -0.1) is 0 Å². The molecule has 0 fully saturated rings. The van der Waals surface area contributed by atoms with Gasteiger partial charge in [-0.2, -0.15) is 0 Å². The lowest BCUT2D eigenvalue weighted by Crippen LogP contribution is -2.15. The van der Waals surface area contributed by atoms with Gasteiger partial charge in [-0.05, 0) is 43.2 Å². The molecule has 0 aliphatic rings. The Bertz CT molecular complexity index is 953. The molecule has 2 aromatic carbocycles. The van der Waals surface area contributed by atoms with Crippen LogP contribution in [0.2, 0.25) is 0 Å². The first kappa shape index (κ1) is 20.4. The van der Waals surface area contributed by atoms with E-state index in [0.717, 1.165) is 6.07 Å². The van der Waals surface area contributed by atoms with Crippen LogP contribution >= 0.6 is 0 Å². The maximum atomic E-state index is 12.5. The number of hydrogen-bond donors (Lipinski definition) is 2. The molecule has 0 atom stereocenters. The summed E-state index contributed by atoms with van der Waals surface area (Å²) in [5.41, 5.74) is 0.941. The third-order valence-electron chi connectivity index (χ3n) is 3.70. The number of carbonyl (C=O) groups is 1. The van der Waals surface area contributed by atoms with Crippen molar-refractivity contribution in [1.29, 1.82) is 0 Å². The normalized spacial score (nSPS) is 11.3. The number of carbonyl (C=O) groups excluding carboxylic acids is 1. The third-order valence-corrected chi connectivity index (χ3v) is 5.08.